The number of aryl methyl sites for hydroxylation is 4. The summed E-state index contributed by atoms with van der Waals surface area (Å²) < 4.78 is 1.90. The number of carbonyl (C=O) groups excluding carboxylic acids is 1. The molecule has 0 saturated heterocycles. The second kappa shape index (κ2) is 6.48. The standard InChI is InChI=1S/C20H23N3O/c1-5-6-17-19(23-12-13(2)7-10-18(23)22-17)20(24)21-16-9-8-14(3)15(4)11-16/h7-12H,5-6H2,1-4H3,(H,21,24). The number of aromatic nitrogens is 2. The Morgan fingerprint density at radius 3 is 2.62 bits per heavy atom. The number of carbonyl (C=O) groups is 1. The van der Waals surface area contributed by atoms with Crippen LogP contribution in [-0.2, 0) is 6.42 Å². The molecule has 2 aromatic heterocycles. The number of pyridine rings is 1. The fourth-order valence-corrected chi connectivity index (χ4v) is 2.86. The van der Waals surface area contributed by atoms with Gasteiger partial charge in [-0.25, -0.2) is 4.98 Å². The molecule has 0 aliphatic carbocycles. The zero-order valence-electron chi connectivity index (χ0n) is 14.7. The van der Waals surface area contributed by atoms with Crippen LogP contribution in [0.5, 0.6) is 0 Å². The van der Waals surface area contributed by atoms with Crippen LogP contribution >= 0.6 is 0 Å². The molecule has 1 aromatic carbocycles. The van der Waals surface area contributed by atoms with Gasteiger partial charge in [0, 0.05) is 11.9 Å². The van der Waals surface area contributed by atoms with Crippen molar-refractivity contribution in [2.45, 2.75) is 40.5 Å². The molecule has 0 saturated carbocycles. The van der Waals surface area contributed by atoms with Crippen molar-refractivity contribution >= 4 is 17.2 Å². The van der Waals surface area contributed by atoms with E-state index < -0.39 is 0 Å². The van der Waals surface area contributed by atoms with Crippen molar-refractivity contribution in [1.29, 1.82) is 0 Å². The minimum Gasteiger partial charge on any atom is -0.321 e. The van der Waals surface area contributed by atoms with E-state index in [9.17, 15) is 4.79 Å². The Morgan fingerprint density at radius 2 is 1.92 bits per heavy atom. The van der Waals surface area contributed by atoms with Crippen LogP contribution in [0.15, 0.2) is 36.5 Å². The smallest absolute Gasteiger partial charge is 0.274 e. The van der Waals surface area contributed by atoms with Crippen LogP contribution in [0, 0.1) is 20.8 Å². The van der Waals surface area contributed by atoms with Crippen LogP contribution < -0.4 is 5.32 Å². The van der Waals surface area contributed by atoms with E-state index in [0.717, 1.165) is 41.0 Å². The third-order valence-electron chi connectivity index (χ3n) is 4.31. The second-order valence-corrected chi connectivity index (χ2v) is 6.34. The number of amides is 1. The van der Waals surface area contributed by atoms with Crippen molar-refractivity contribution in [3.63, 3.8) is 0 Å². The molecule has 0 unspecified atom stereocenters. The third-order valence-corrected chi connectivity index (χ3v) is 4.31. The van der Waals surface area contributed by atoms with E-state index in [1.807, 2.05) is 54.8 Å². The van der Waals surface area contributed by atoms with E-state index >= 15 is 0 Å². The number of fused-ring (bicyclic) bond motifs is 1. The number of hydrogen-bond acceptors (Lipinski definition) is 2. The lowest BCUT2D eigenvalue weighted by molar-refractivity contribution is 0.102. The van der Waals surface area contributed by atoms with Gasteiger partial charge in [-0.05, 0) is 62.1 Å². The number of benzene rings is 1. The van der Waals surface area contributed by atoms with Crippen molar-refractivity contribution in [3.8, 4) is 0 Å². The van der Waals surface area contributed by atoms with Crippen LogP contribution in [0.1, 0.15) is 46.2 Å². The number of imidazole rings is 1. The number of rotatable bonds is 4. The monoisotopic (exact) mass is 321 g/mol. The molecule has 4 heteroatoms. The average Bonchev–Trinajstić information content (AvgIpc) is 2.88. The zero-order chi connectivity index (χ0) is 17.3. The normalized spacial score (nSPS) is 11.0. The van der Waals surface area contributed by atoms with E-state index in [0.29, 0.717) is 5.69 Å². The fourth-order valence-electron chi connectivity index (χ4n) is 2.86. The lowest BCUT2D eigenvalue weighted by Crippen LogP contribution is -2.16. The van der Waals surface area contributed by atoms with Crippen LogP contribution in [-0.4, -0.2) is 15.3 Å². The zero-order valence-corrected chi connectivity index (χ0v) is 14.7. The predicted molar refractivity (Wildman–Crippen MR) is 97.8 cm³/mol. The highest BCUT2D eigenvalue weighted by molar-refractivity contribution is 6.04. The largest absolute Gasteiger partial charge is 0.321 e. The Balaban J connectivity index is 2.02. The first-order valence-corrected chi connectivity index (χ1v) is 8.35. The molecule has 3 rings (SSSR count). The molecule has 0 fully saturated rings. The highest BCUT2D eigenvalue weighted by Crippen LogP contribution is 2.19. The minimum absolute atomic E-state index is 0.111. The summed E-state index contributed by atoms with van der Waals surface area (Å²) in [4.78, 5) is 17.6. The second-order valence-electron chi connectivity index (χ2n) is 6.34. The topological polar surface area (TPSA) is 46.4 Å². The molecule has 2 heterocycles. The van der Waals surface area contributed by atoms with Crippen molar-refractivity contribution < 1.29 is 4.79 Å². The van der Waals surface area contributed by atoms with Gasteiger partial charge in [0.1, 0.15) is 11.3 Å². The summed E-state index contributed by atoms with van der Waals surface area (Å²) in [6.45, 7) is 8.23. The van der Waals surface area contributed by atoms with Gasteiger partial charge in [-0.2, -0.15) is 0 Å². The summed E-state index contributed by atoms with van der Waals surface area (Å²) in [6.07, 6.45) is 3.71. The van der Waals surface area contributed by atoms with Gasteiger partial charge in [-0.3, -0.25) is 9.20 Å². The summed E-state index contributed by atoms with van der Waals surface area (Å²) in [5.41, 5.74) is 6.59. The minimum atomic E-state index is -0.111. The maximum Gasteiger partial charge on any atom is 0.274 e. The Bertz CT molecular complexity index is 909. The van der Waals surface area contributed by atoms with Gasteiger partial charge < -0.3 is 5.32 Å². The fraction of sp³-hybridized carbons (Fsp3) is 0.300. The molecule has 0 aliphatic heterocycles. The molecule has 0 radical (unpaired) electrons. The molecule has 124 valence electrons. The molecule has 0 aliphatic rings. The van der Waals surface area contributed by atoms with Crippen LogP contribution in [0.4, 0.5) is 5.69 Å². The van der Waals surface area contributed by atoms with Crippen molar-refractivity contribution in [2.75, 3.05) is 5.32 Å². The molecular weight excluding hydrogens is 298 g/mol. The molecular formula is C20H23N3O. The van der Waals surface area contributed by atoms with Gasteiger partial charge in [-0.15, -0.1) is 0 Å². The molecule has 4 nitrogen and oxygen atoms in total. The van der Waals surface area contributed by atoms with Gasteiger partial charge in [0.15, 0.2) is 0 Å². The number of hydrogen-bond donors (Lipinski definition) is 1. The van der Waals surface area contributed by atoms with E-state index in [1.54, 1.807) is 0 Å². The highest BCUT2D eigenvalue weighted by atomic mass is 16.2. The summed E-state index contributed by atoms with van der Waals surface area (Å²) in [6, 6.07) is 9.94. The maximum atomic E-state index is 12.9. The lowest BCUT2D eigenvalue weighted by Gasteiger charge is -2.09. The van der Waals surface area contributed by atoms with Gasteiger partial charge >= 0.3 is 0 Å². The summed E-state index contributed by atoms with van der Waals surface area (Å²) >= 11 is 0. The molecule has 0 bridgehead atoms. The lowest BCUT2D eigenvalue weighted by atomic mass is 10.1. The van der Waals surface area contributed by atoms with Crippen LogP contribution in [0.2, 0.25) is 0 Å². The van der Waals surface area contributed by atoms with E-state index in [4.69, 9.17) is 0 Å². The van der Waals surface area contributed by atoms with E-state index in [-0.39, 0.29) is 5.91 Å². The first-order valence-electron chi connectivity index (χ1n) is 8.35. The first kappa shape index (κ1) is 16.2. The van der Waals surface area contributed by atoms with Crippen molar-refractivity contribution in [2.24, 2.45) is 0 Å². The molecule has 0 spiro atoms. The molecule has 3 aromatic rings. The van der Waals surface area contributed by atoms with Crippen molar-refractivity contribution in [1.82, 2.24) is 9.38 Å². The average molecular weight is 321 g/mol. The SMILES string of the molecule is CCCc1nc2ccc(C)cn2c1C(=O)Nc1ccc(C)c(C)c1. The maximum absolute atomic E-state index is 12.9. The Morgan fingerprint density at radius 1 is 1.12 bits per heavy atom. The highest BCUT2D eigenvalue weighted by Gasteiger charge is 2.19. The Hall–Kier alpha value is -2.62. The number of anilines is 1. The Kier molecular flexibility index (Phi) is 4.38. The molecule has 1 N–H and O–H groups in total. The van der Waals surface area contributed by atoms with E-state index in [1.165, 1.54) is 5.56 Å². The Labute approximate surface area is 142 Å². The molecule has 24 heavy (non-hydrogen) atoms. The van der Waals surface area contributed by atoms with Gasteiger partial charge in [0.25, 0.3) is 5.91 Å². The van der Waals surface area contributed by atoms with Crippen LogP contribution in [0.3, 0.4) is 0 Å². The van der Waals surface area contributed by atoms with Crippen LogP contribution in [0.25, 0.3) is 5.65 Å². The predicted octanol–water partition coefficient (Wildman–Crippen LogP) is 4.46. The molecule has 0 atom stereocenters. The van der Waals surface area contributed by atoms with E-state index in [2.05, 4.69) is 24.1 Å². The number of nitrogens with zero attached hydrogens (tertiary/aromatic N) is 2. The third kappa shape index (κ3) is 3.04. The number of nitrogens with one attached hydrogen (secondary N) is 1. The van der Waals surface area contributed by atoms with Gasteiger partial charge in [-0.1, -0.05) is 25.5 Å². The first-order chi connectivity index (χ1) is 11.5. The van der Waals surface area contributed by atoms with Gasteiger partial charge in [0.2, 0.25) is 0 Å². The summed E-state index contributed by atoms with van der Waals surface area (Å²) in [5.74, 6) is -0.111. The quantitative estimate of drug-likeness (QED) is 0.771. The summed E-state index contributed by atoms with van der Waals surface area (Å²) in [5, 5.41) is 3.02. The summed E-state index contributed by atoms with van der Waals surface area (Å²) in [7, 11) is 0. The van der Waals surface area contributed by atoms with Gasteiger partial charge in [0.05, 0.1) is 5.69 Å². The molecule has 1 amide bonds. The van der Waals surface area contributed by atoms with Crippen molar-refractivity contribution in [3.05, 3.63) is 64.6 Å².